The maximum atomic E-state index is 6.07. The molecule has 0 aliphatic heterocycles. The first-order valence-electron chi connectivity index (χ1n) is 5.57. The number of nitrogens with two attached hydrogens (primary N) is 1. The maximum Gasteiger partial charge on any atom is 0.106 e. The van der Waals surface area contributed by atoms with E-state index in [4.69, 9.17) is 10.5 Å². The fourth-order valence-electron chi connectivity index (χ4n) is 1.73. The molecular formula is C12H17N3OS. The van der Waals surface area contributed by atoms with Crippen molar-refractivity contribution in [1.29, 1.82) is 0 Å². The van der Waals surface area contributed by atoms with Crippen molar-refractivity contribution in [3.63, 3.8) is 0 Å². The van der Waals surface area contributed by atoms with Crippen LogP contribution in [0.25, 0.3) is 10.2 Å². The zero-order valence-corrected chi connectivity index (χ0v) is 10.9. The molecule has 0 radical (unpaired) electrons. The van der Waals surface area contributed by atoms with Gasteiger partial charge in [0.25, 0.3) is 0 Å². The number of anilines is 2. The molecule has 2 rings (SSSR count). The second-order valence-electron chi connectivity index (χ2n) is 4.17. The Kier molecular flexibility index (Phi) is 3.81. The quantitative estimate of drug-likeness (QED) is 0.802. The van der Waals surface area contributed by atoms with Gasteiger partial charge in [-0.05, 0) is 18.1 Å². The molecule has 1 aromatic carbocycles. The van der Waals surface area contributed by atoms with Crippen molar-refractivity contribution in [2.45, 2.75) is 6.92 Å². The zero-order valence-electron chi connectivity index (χ0n) is 10.1. The number of aromatic nitrogens is 1. The summed E-state index contributed by atoms with van der Waals surface area (Å²) < 4.78 is 6.22. The summed E-state index contributed by atoms with van der Waals surface area (Å²) in [6.07, 6.45) is 0. The van der Waals surface area contributed by atoms with Gasteiger partial charge in [-0.1, -0.05) is 6.92 Å². The topological polar surface area (TPSA) is 60.2 Å². The minimum Gasteiger partial charge on any atom is -0.395 e. The predicted octanol–water partition coefficient (Wildman–Crippen LogP) is 2.57. The molecule has 1 unspecified atom stereocenters. The molecule has 0 saturated heterocycles. The van der Waals surface area contributed by atoms with Crippen molar-refractivity contribution in [2.75, 3.05) is 31.3 Å². The lowest BCUT2D eigenvalue weighted by molar-refractivity contribution is 0.164. The molecule has 1 atom stereocenters. The highest BCUT2D eigenvalue weighted by Crippen LogP contribution is 2.29. The first kappa shape index (κ1) is 12.1. The van der Waals surface area contributed by atoms with Crippen molar-refractivity contribution in [2.24, 2.45) is 5.92 Å². The number of ether oxygens (including phenoxy) is 1. The summed E-state index contributed by atoms with van der Waals surface area (Å²) in [6.45, 7) is 3.72. The number of thiazole rings is 1. The van der Waals surface area contributed by atoms with Crippen LogP contribution >= 0.6 is 11.3 Å². The summed E-state index contributed by atoms with van der Waals surface area (Å²) in [7, 11) is 1.71. The molecule has 0 fully saturated rings. The third-order valence-corrected chi connectivity index (χ3v) is 3.43. The molecule has 0 spiro atoms. The summed E-state index contributed by atoms with van der Waals surface area (Å²) in [5.74, 6) is 0.450. The van der Waals surface area contributed by atoms with E-state index in [9.17, 15) is 0 Å². The fourth-order valence-corrected chi connectivity index (χ4v) is 2.43. The summed E-state index contributed by atoms with van der Waals surface area (Å²) in [5, 5.41) is 3.34. The second-order valence-corrected chi connectivity index (χ2v) is 5.05. The van der Waals surface area contributed by atoms with Crippen LogP contribution in [0.2, 0.25) is 0 Å². The Bertz CT molecular complexity index is 497. The molecule has 4 nitrogen and oxygen atoms in total. The largest absolute Gasteiger partial charge is 0.395 e. The fraction of sp³-hybridized carbons (Fsp3) is 0.417. The first-order chi connectivity index (χ1) is 8.22. The monoisotopic (exact) mass is 251 g/mol. The van der Waals surface area contributed by atoms with Crippen LogP contribution in [-0.4, -0.2) is 25.2 Å². The van der Waals surface area contributed by atoms with Crippen molar-refractivity contribution < 1.29 is 4.74 Å². The van der Waals surface area contributed by atoms with Gasteiger partial charge in [-0.15, -0.1) is 11.3 Å². The van der Waals surface area contributed by atoms with Gasteiger partial charge >= 0.3 is 0 Å². The Morgan fingerprint density at radius 1 is 1.53 bits per heavy atom. The number of nitrogens with zero attached hydrogens (tertiary/aromatic N) is 1. The Balaban J connectivity index is 2.10. The minimum atomic E-state index is 0.450. The number of methoxy groups -OCH3 is 1. The standard InChI is InChI=1S/C12H17N3OS/c1-8(6-16-2)5-14-9-3-4-10-12(11(9)13)15-7-17-10/h3-4,7-8,14H,5-6,13H2,1-2H3. The van der Waals surface area contributed by atoms with Crippen LogP contribution in [-0.2, 0) is 4.74 Å². The van der Waals surface area contributed by atoms with Gasteiger partial charge in [0.15, 0.2) is 0 Å². The van der Waals surface area contributed by atoms with Crippen LogP contribution in [0.15, 0.2) is 17.6 Å². The van der Waals surface area contributed by atoms with Gasteiger partial charge in [0, 0.05) is 13.7 Å². The Hall–Kier alpha value is -1.33. The van der Waals surface area contributed by atoms with Crippen LogP contribution in [0.1, 0.15) is 6.92 Å². The van der Waals surface area contributed by atoms with Crippen LogP contribution < -0.4 is 11.1 Å². The number of fused-ring (bicyclic) bond motifs is 1. The van der Waals surface area contributed by atoms with Gasteiger partial charge in [-0.25, -0.2) is 4.98 Å². The minimum absolute atomic E-state index is 0.450. The van der Waals surface area contributed by atoms with Crippen molar-refractivity contribution in [3.05, 3.63) is 17.6 Å². The Morgan fingerprint density at radius 2 is 2.35 bits per heavy atom. The van der Waals surface area contributed by atoms with E-state index in [0.717, 1.165) is 34.7 Å². The molecule has 1 aromatic heterocycles. The Labute approximate surface area is 105 Å². The molecular weight excluding hydrogens is 234 g/mol. The Morgan fingerprint density at radius 3 is 3.12 bits per heavy atom. The SMILES string of the molecule is COCC(C)CNc1ccc2scnc2c1N. The molecule has 0 bridgehead atoms. The first-order valence-corrected chi connectivity index (χ1v) is 6.44. The lowest BCUT2D eigenvalue weighted by atomic mass is 10.2. The van der Waals surface area contributed by atoms with Crippen LogP contribution in [0.4, 0.5) is 11.4 Å². The van der Waals surface area contributed by atoms with Crippen LogP contribution in [0, 0.1) is 5.92 Å². The highest BCUT2D eigenvalue weighted by molar-refractivity contribution is 7.16. The summed E-state index contributed by atoms with van der Waals surface area (Å²) in [4.78, 5) is 4.27. The highest BCUT2D eigenvalue weighted by Gasteiger charge is 2.07. The summed E-state index contributed by atoms with van der Waals surface area (Å²) >= 11 is 1.60. The summed E-state index contributed by atoms with van der Waals surface area (Å²) in [5.41, 5.74) is 10.5. The third-order valence-electron chi connectivity index (χ3n) is 2.63. The molecule has 0 amide bonds. The van der Waals surface area contributed by atoms with E-state index in [0.29, 0.717) is 5.92 Å². The number of nitrogen functional groups attached to an aromatic ring is 1. The molecule has 0 saturated carbocycles. The molecule has 2 aromatic rings. The van der Waals surface area contributed by atoms with Gasteiger partial charge in [-0.2, -0.15) is 0 Å². The smallest absolute Gasteiger partial charge is 0.106 e. The van der Waals surface area contributed by atoms with Crippen molar-refractivity contribution >= 4 is 32.9 Å². The summed E-state index contributed by atoms with van der Waals surface area (Å²) in [6, 6.07) is 4.06. The molecule has 92 valence electrons. The zero-order chi connectivity index (χ0) is 12.3. The molecule has 17 heavy (non-hydrogen) atoms. The molecule has 5 heteroatoms. The van der Waals surface area contributed by atoms with Gasteiger partial charge in [-0.3, -0.25) is 0 Å². The molecule has 0 aliphatic rings. The number of benzene rings is 1. The van der Waals surface area contributed by atoms with E-state index < -0.39 is 0 Å². The number of hydrogen-bond acceptors (Lipinski definition) is 5. The van der Waals surface area contributed by atoms with Gasteiger partial charge in [0.2, 0.25) is 0 Å². The third kappa shape index (κ3) is 2.68. The molecule has 1 heterocycles. The second kappa shape index (κ2) is 5.33. The van der Waals surface area contributed by atoms with Crippen LogP contribution in [0.3, 0.4) is 0 Å². The normalized spacial score (nSPS) is 12.8. The van der Waals surface area contributed by atoms with E-state index in [1.807, 2.05) is 17.6 Å². The number of rotatable bonds is 5. The van der Waals surface area contributed by atoms with Gasteiger partial charge < -0.3 is 15.8 Å². The average molecular weight is 251 g/mol. The average Bonchev–Trinajstić information content (AvgIpc) is 2.77. The number of nitrogens with one attached hydrogen (secondary N) is 1. The molecule has 3 N–H and O–H groups in total. The van der Waals surface area contributed by atoms with E-state index in [1.165, 1.54) is 0 Å². The lowest BCUT2D eigenvalue weighted by Gasteiger charge is -2.14. The highest BCUT2D eigenvalue weighted by atomic mass is 32.1. The van der Waals surface area contributed by atoms with Crippen molar-refractivity contribution in [3.8, 4) is 0 Å². The van der Waals surface area contributed by atoms with E-state index >= 15 is 0 Å². The predicted molar refractivity (Wildman–Crippen MR) is 73.6 cm³/mol. The van der Waals surface area contributed by atoms with E-state index in [1.54, 1.807) is 18.4 Å². The van der Waals surface area contributed by atoms with Gasteiger partial charge in [0.1, 0.15) is 5.52 Å². The van der Waals surface area contributed by atoms with E-state index in [2.05, 4.69) is 17.2 Å². The maximum absolute atomic E-state index is 6.07. The number of hydrogen-bond donors (Lipinski definition) is 2. The van der Waals surface area contributed by atoms with Crippen LogP contribution in [0.5, 0.6) is 0 Å². The van der Waals surface area contributed by atoms with Gasteiger partial charge in [0.05, 0.1) is 28.2 Å². The van der Waals surface area contributed by atoms with Crippen molar-refractivity contribution in [1.82, 2.24) is 4.98 Å². The lowest BCUT2D eigenvalue weighted by Crippen LogP contribution is -2.16. The van der Waals surface area contributed by atoms with E-state index in [-0.39, 0.29) is 0 Å². The molecule has 0 aliphatic carbocycles.